The lowest BCUT2D eigenvalue weighted by molar-refractivity contribution is -0.134. The topological polar surface area (TPSA) is 97.0 Å². The molecule has 1 fully saturated rings. The number of urea groups is 1. The Hall–Kier alpha value is -2.77. The molecule has 2 aliphatic rings. The van der Waals surface area contributed by atoms with Crippen LogP contribution in [0.25, 0.3) is 0 Å². The number of unbranched alkanes of at least 4 members (excludes halogenated alkanes) is 2. The fourth-order valence-electron chi connectivity index (χ4n) is 3.19. The lowest BCUT2D eigenvalue weighted by Gasteiger charge is -2.25. The Bertz CT molecular complexity index is 751. The van der Waals surface area contributed by atoms with Gasteiger partial charge in [0.2, 0.25) is 5.91 Å². The zero-order valence-corrected chi connectivity index (χ0v) is 15.7. The van der Waals surface area contributed by atoms with E-state index < -0.39 is 17.5 Å². The first-order valence-electron chi connectivity index (χ1n) is 9.26. The Labute approximate surface area is 158 Å². The first-order chi connectivity index (χ1) is 13.0. The second-order valence-electron chi connectivity index (χ2n) is 6.86. The van der Waals surface area contributed by atoms with Crippen LogP contribution in [0.1, 0.15) is 38.7 Å². The summed E-state index contributed by atoms with van der Waals surface area (Å²) in [7, 11) is 0. The van der Waals surface area contributed by atoms with Crippen LogP contribution in [0, 0.1) is 0 Å². The Morgan fingerprint density at radius 2 is 1.96 bits per heavy atom. The SMILES string of the molecule is CCCCCNC(=O)CN1C(=O)N[C@](C)(c2ccc3c(c2)OCCO3)C1=O. The van der Waals surface area contributed by atoms with Crippen molar-refractivity contribution in [2.24, 2.45) is 0 Å². The predicted octanol–water partition coefficient (Wildman–Crippen LogP) is 1.53. The van der Waals surface area contributed by atoms with Crippen LogP contribution in [-0.4, -0.2) is 49.0 Å². The Morgan fingerprint density at radius 1 is 1.22 bits per heavy atom. The smallest absolute Gasteiger partial charge is 0.325 e. The summed E-state index contributed by atoms with van der Waals surface area (Å²) in [5.41, 5.74) is -0.675. The molecule has 0 saturated carbocycles. The van der Waals surface area contributed by atoms with Crippen molar-refractivity contribution in [3.63, 3.8) is 0 Å². The number of hydrogen-bond acceptors (Lipinski definition) is 5. The molecule has 146 valence electrons. The molecule has 0 unspecified atom stereocenters. The summed E-state index contributed by atoms with van der Waals surface area (Å²) in [4.78, 5) is 38.3. The van der Waals surface area contributed by atoms with E-state index in [0.29, 0.717) is 36.8 Å². The molecular formula is C19H25N3O5. The van der Waals surface area contributed by atoms with Crippen molar-refractivity contribution in [1.82, 2.24) is 15.5 Å². The quantitative estimate of drug-likeness (QED) is 0.556. The van der Waals surface area contributed by atoms with Crippen molar-refractivity contribution in [1.29, 1.82) is 0 Å². The van der Waals surface area contributed by atoms with Gasteiger partial charge in [-0.25, -0.2) is 4.79 Å². The number of fused-ring (bicyclic) bond motifs is 1. The molecule has 0 bridgehead atoms. The molecule has 0 aromatic heterocycles. The van der Waals surface area contributed by atoms with Gasteiger partial charge in [0.15, 0.2) is 11.5 Å². The van der Waals surface area contributed by atoms with E-state index in [1.54, 1.807) is 25.1 Å². The highest BCUT2D eigenvalue weighted by atomic mass is 16.6. The van der Waals surface area contributed by atoms with Crippen LogP contribution in [0.2, 0.25) is 0 Å². The van der Waals surface area contributed by atoms with Gasteiger partial charge in [0, 0.05) is 6.54 Å². The molecule has 2 heterocycles. The number of benzene rings is 1. The summed E-state index contributed by atoms with van der Waals surface area (Å²) in [5.74, 6) is 0.330. The van der Waals surface area contributed by atoms with Crippen LogP contribution < -0.4 is 20.1 Å². The number of nitrogens with zero attached hydrogens (tertiary/aromatic N) is 1. The number of amides is 4. The van der Waals surface area contributed by atoms with Gasteiger partial charge in [-0.05, 0) is 31.0 Å². The van der Waals surface area contributed by atoms with Crippen LogP contribution in [0.5, 0.6) is 11.5 Å². The van der Waals surface area contributed by atoms with Gasteiger partial charge in [0.1, 0.15) is 25.3 Å². The van der Waals surface area contributed by atoms with E-state index in [2.05, 4.69) is 17.6 Å². The van der Waals surface area contributed by atoms with Crippen LogP contribution in [0.15, 0.2) is 18.2 Å². The van der Waals surface area contributed by atoms with Crippen molar-refractivity contribution < 1.29 is 23.9 Å². The lowest BCUT2D eigenvalue weighted by Crippen LogP contribution is -2.43. The van der Waals surface area contributed by atoms with Gasteiger partial charge < -0.3 is 20.1 Å². The van der Waals surface area contributed by atoms with Crippen molar-refractivity contribution in [3.05, 3.63) is 23.8 Å². The van der Waals surface area contributed by atoms with Crippen molar-refractivity contribution in [2.75, 3.05) is 26.3 Å². The third kappa shape index (κ3) is 3.84. The molecule has 1 saturated heterocycles. The number of nitrogens with one attached hydrogen (secondary N) is 2. The maximum Gasteiger partial charge on any atom is 0.325 e. The molecule has 2 N–H and O–H groups in total. The Kier molecular flexibility index (Phi) is 5.53. The van der Waals surface area contributed by atoms with Gasteiger partial charge in [0.25, 0.3) is 5.91 Å². The Morgan fingerprint density at radius 3 is 2.70 bits per heavy atom. The highest BCUT2D eigenvalue weighted by molar-refractivity contribution is 6.09. The zero-order chi connectivity index (χ0) is 19.4. The molecule has 3 rings (SSSR count). The molecule has 0 aliphatic carbocycles. The molecule has 8 nitrogen and oxygen atoms in total. The molecule has 2 aliphatic heterocycles. The first kappa shape index (κ1) is 19.0. The molecule has 1 atom stereocenters. The highest BCUT2D eigenvalue weighted by Gasteiger charge is 2.49. The monoisotopic (exact) mass is 375 g/mol. The molecular weight excluding hydrogens is 350 g/mol. The minimum Gasteiger partial charge on any atom is -0.486 e. The third-order valence-electron chi connectivity index (χ3n) is 4.80. The second-order valence-corrected chi connectivity index (χ2v) is 6.86. The number of carbonyl (C=O) groups excluding carboxylic acids is 3. The van der Waals surface area contributed by atoms with E-state index in [4.69, 9.17) is 9.47 Å². The summed E-state index contributed by atoms with van der Waals surface area (Å²) in [6, 6.07) is 4.56. The number of hydrogen-bond donors (Lipinski definition) is 2. The fraction of sp³-hybridized carbons (Fsp3) is 0.526. The molecule has 8 heteroatoms. The second kappa shape index (κ2) is 7.85. The number of carbonyl (C=O) groups is 3. The minimum absolute atomic E-state index is 0.295. The van der Waals surface area contributed by atoms with Gasteiger partial charge in [-0.15, -0.1) is 0 Å². The van der Waals surface area contributed by atoms with Crippen LogP contribution in [0.4, 0.5) is 4.79 Å². The van der Waals surface area contributed by atoms with E-state index in [9.17, 15) is 14.4 Å². The van der Waals surface area contributed by atoms with E-state index in [-0.39, 0.29) is 12.5 Å². The van der Waals surface area contributed by atoms with E-state index in [1.807, 2.05) is 0 Å². The third-order valence-corrected chi connectivity index (χ3v) is 4.80. The van der Waals surface area contributed by atoms with Crippen molar-refractivity contribution in [2.45, 2.75) is 38.6 Å². The number of imide groups is 1. The van der Waals surface area contributed by atoms with Crippen molar-refractivity contribution in [3.8, 4) is 11.5 Å². The van der Waals surface area contributed by atoms with Crippen LogP contribution >= 0.6 is 0 Å². The minimum atomic E-state index is -1.25. The normalized spacial score (nSPS) is 21.2. The van der Waals surface area contributed by atoms with Gasteiger partial charge in [-0.3, -0.25) is 14.5 Å². The molecule has 0 spiro atoms. The highest BCUT2D eigenvalue weighted by Crippen LogP contribution is 2.36. The standard InChI is InChI=1S/C19H25N3O5/c1-3-4-5-8-20-16(23)12-22-17(24)19(2,21-18(22)25)13-6-7-14-15(11-13)27-10-9-26-14/h6-7,11H,3-5,8-10,12H2,1-2H3,(H,20,23)(H,21,25)/t19-/m1/s1. The summed E-state index contributed by atoms with van der Waals surface area (Å²) in [6.45, 7) is 4.84. The summed E-state index contributed by atoms with van der Waals surface area (Å²) < 4.78 is 11.0. The van der Waals surface area contributed by atoms with Gasteiger partial charge in [-0.1, -0.05) is 25.8 Å². The number of rotatable bonds is 7. The molecule has 27 heavy (non-hydrogen) atoms. The average Bonchev–Trinajstić information content (AvgIpc) is 2.89. The van der Waals surface area contributed by atoms with Crippen LogP contribution in [0.3, 0.4) is 0 Å². The van der Waals surface area contributed by atoms with E-state index in [1.165, 1.54) is 0 Å². The lowest BCUT2D eigenvalue weighted by atomic mass is 9.91. The average molecular weight is 375 g/mol. The zero-order valence-electron chi connectivity index (χ0n) is 15.7. The Balaban J connectivity index is 1.70. The maximum absolute atomic E-state index is 12.9. The summed E-state index contributed by atoms with van der Waals surface area (Å²) >= 11 is 0. The predicted molar refractivity (Wildman–Crippen MR) is 97.6 cm³/mol. The summed E-state index contributed by atoms with van der Waals surface area (Å²) in [6.07, 6.45) is 2.94. The molecule has 4 amide bonds. The fourth-order valence-corrected chi connectivity index (χ4v) is 3.19. The van der Waals surface area contributed by atoms with Crippen molar-refractivity contribution >= 4 is 17.8 Å². The molecule has 1 aromatic carbocycles. The van der Waals surface area contributed by atoms with Gasteiger partial charge in [-0.2, -0.15) is 0 Å². The van der Waals surface area contributed by atoms with E-state index >= 15 is 0 Å². The van der Waals surface area contributed by atoms with Gasteiger partial charge >= 0.3 is 6.03 Å². The van der Waals surface area contributed by atoms with E-state index in [0.717, 1.165) is 24.2 Å². The van der Waals surface area contributed by atoms with Gasteiger partial charge in [0.05, 0.1) is 0 Å². The summed E-state index contributed by atoms with van der Waals surface area (Å²) in [5, 5.41) is 5.44. The first-order valence-corrected chi connectivity index (χ1v) is 9.26. The molecule has 1 aromatic rings. The molecule has 0 radical (unpaired) electrons. The number of ether oxygens (including phenoxy) is 2. The maximum atomic E-state index is 12.9. The van der Waals surface area contributed by atoms with Crippen LogP contribution in [-0.2, 0) is 15.1 Å². The largest absolute Gasteiger partial charge is 0.486 e.